The summed E-state index contributed by atoms with van der Waals surface area (Å²) in [5.41, 5.74) is 0.625. The Morgan fingerprint density at radius 3 is 2.83 bits per heavy atom. The maximum atomic E-state index is 12.9. The lowest BCUT2D eigenvalue weighted by Gasteiger charge is -2.34. The van der Waals surface area contributed by atoms with E-state index in [0.717, 1.165) is 5.75 Å². The van der Waals surface area contributed by atoms with Crippen LogP contribution in [0, 0.1) is 6.92 Å². The van der Waals surface area contributed by atoms with Crippen molar-refractivity contribution in [2.75, 3.05) is 18.1 Å². The van der Waals surface area contributed by atoms with Gasteiger partial charge in [-0.25, -0.2) is 15.0 Å². The molecule has 1 unspecified atom stereocenters. The summed E-state index contributed by atoms with van der Waals surface area (Å²) in [4.78, 5) is 38.9. The summed E-state index contributed by atoms with van der Waals surface area (Å²) in [5, 5.41) is 9.66. The van der Waals surface area contributed by atoms with E-state index in [1.165, 1.54) is 11.3 Å². The molecule has 1 aliphatic rings. The van der Waals surface area contributed by atoms with Crippen LogP contribution in [0.15, 0.2) is 18.5 Å². The van der Waals surface area contributed by atoms with Crippen molar-refractivity contribution in [1.29, 1.82) is 0 Å². The number of thioether (sulfide) groups is 1. The number of hydrogen-bond donors (Lipinski definition) is 1. The quantitative estimate of drug-likeness (QED) is 0.885. The van der Waals surface area contributed by atoms with E-state index in [1.807, 2.05) is 0 Å². The van der Waals surface area contributed by atoms with Gasteiger partial charge in [0.2, 0.25) is 0 Å². The van der Waals surface area contributed by atoms with Crippen molar-refractivity contribution in [3.05, 3.63) is 29.0 Å². The molecule has 126 valence electrons. The zero-order valence-corrected chi connectivity index (χ0v) is 14.6. The second kappa shape index (κ2) is 7.27. The maximum absolute atomic E-state index is 12.9. The van der Waals surface area contributed by atoms with Gasteiger partial charge < -0.3 is 10.0 Å². The topological polar surface area (TPSA) is 96.3 Å². The van der Waals surface area contributed by atoms with Gasteiger partial charge in [0.05, 0.1) is 18.2 Å². The molecule has 1 saturated heterocycles. The molecule has 9 heteroatoms. The van der Waals surface area contributed by atoms with Crippen molar-refractivity contribution in [1.82, 2.24) is 19.9 Å². The maximum Gasteiger partial charge on any atom is 0.305 e. The molecule has 3 heterocycles. The monoisotopic (exact) mass is 364 g/mol. The molecule has 24 heavy (non-hydrogen) atoms. The minimum Gasteiger partial charge on any atom is -0.481 e. The number of carboxylic acid groups (broad SMARTS) is 1. The fourth-order valence-corrected chi connectivity index (χ4v) is 4.56. The summed E-state index contributed by atoms with van der Waals surface area (Å²) in [6, 6.07) is 1.43. The molecule has 2 aromatic heterocycles. The van der Waals surface area contributed by atoms with Gasteiger partial charge in [-0.2, -0.15) is 11.8 Å². The first kappa shape index (κ1) is 16.8. The van der Waals surface area contributed by atoms with Crippen molar-refractivity contribution < 1.29 is 14.7 Å². The molecule has 0 aromatic carbocycles. The number of rotatable bonds is 4. The summed E-state index contributed by atoms with van der Waals surface area (Å²) in [6.45, 7) is 2.33. The van der Waals surface area contributed by atoms with Crippen LogP contribution in [0.3, 0.4) is 0 Å². The number of aliphatic carboxylic acids is 1. The molecular weight excluding hydrogens is 348 g/mol. The third-order valence-corrected chi connectivity index (χ3v) is 5.88. The fraction of sp³-hybridized carbons (Fsp3) is 0.400. The summed E-state index contributed by atoms with van der Waals surface area (Å²) < 4.78 is 0. The number of amides is 1. The summed E-state index contributed by atoms with van der Waals surface area (Å²) in [5.74, 6) is 0.901. The smallest absolute Gasteiger partial charge is 0.305 e. The summed E-state index contributed by atoms with van der Waals surface area (Å²) in [7, 11) is 0. The van der Waals surface area contributed by atoms with Crippen LogP contribution in [0.2, 0.25) is 0 Å². The fourth-order valence-electron chi connectivity index (χ4n) is 2.52. The van der Waals surface area contributed by atoms with Gasteiger partial charge in [-0.3, -0.25) is 9.59 Å². The van der Waals surface area contributed by atoms with Crippen LogP contribution in [0.25, 0.3) is 10.8 Å². The molecule has 7 nitrogen and oxygen atoms in total. The molecule has 0 bridgehead atoms. The zero-order valence-electron chi connectivity index (χ0n) is 13.0. The van der Waals surface area contributed by atoms with Crippen molar-refractivity contribution in [2.45, 2.75) is 19.4 Å². The number of hydrogen-bond acceptors (Lipinski definition) is 7. The summed E-state index contributed by atoms with van der Waals surface area (Å²) in [6.07, 6.45) is 3.22. The van der Waals surface area contributed by atoms with Gasteiger partial charge in [-0.15, -0.1) is 11.3 Å². The number of thiazole rings is 1. The van der Waals surface area contributed by atoms with Crippen LogP contribution >= 0.6 is 23.1 Å². The second-order valence-electron chi connectivity index (χ2n) is 5.33. The molecule has 1 N–H and O–H groups in total. The van der Waals surface area contributed by atoms with Gasteiger partial charge in [-0.05, 0) is 13.0 Å². The Morgan fingerprint density at radius 1 is 1.38 bits per heavy atom. The van der Waals surface area contributed by atoms with Gasteiger partial charge in [0, 0.05) is 30.4 Å². The van der Waals surface area contributed by atoms with Crippen molar-refractivity contribution in [3.63, 3.8) is 0 Å². The SMILES string of the molecule is Cc1nc(-c2ncccn2)sc1C(=O)N1CCSCC1CC(=O)O. The number of carboxylic acids is 1. The van der Waals surface area contributed by atoms with Crippen LogP contribution < -0.4 is 0 Å². The largest absolute Gasteiger partial charge is 0.481 e. The number of carbonyl (C=O) groups is 2. The lowest BCUT2D eigenvalue weighted by atomic mass is 10.2. The highest BCUT2D eigenvalue weighted by Crippen LogP contribution is 2.29. The van der Waals surface area contributed by atoms with E-state index in [9.17, 15) is 9.59 Å². The first-order chi connectivity index (χ1) is 11.6. The van der Waals surface area contributed by atoms with E-state index in [-0.39, 0.29) is 18.4 Å². The Bertz CT molecular complexity index is 750. The average molecular weight is 364 g/mol. The molecule has 1 atom stereocenters. The molecule has 0 saturated carbocycles. The highest BCUT2D eigenvalue weighted by molar-refractivity contribution is 7.99. The molecule has 0 aliphatic carbocycles. The van der Waals surface area contributed by atoms with Gasteiger partial charge >= 0.3 is 5.97 Å². The van der Waals surface area contributed by atoms with Gasteiger partial charge in [0.15, 0.2) is 10.8 Å². The van der Waals surface area contributed by atoms with Crippen LogP contribution in [0.1, 0.15) is 21.8 Å². The lowest BCUT2D eigenvalue weighted by molar-refractivity contribution is -0.138. The number of aryl methyl sites for hydroxylation is 1. The van der Waals surface area contributed by atoms with E-state index < -0.39 is 5.97 Å². The normalized spacial score (nSPS) is 17.7. The predicted octanol–water partition coefficient (Wildman–Crippen LogP) is 1.94. The Balaban J connectivity index is 1.86. The van der Waals surface area contributed by atoms with E-state index in [2.05, 4.69) is 15.0 Å². The lowest BCUT2D eigenvalue weighted by Crippen LogP contribution is -2.47. The number of nitrogens with zero attached hydrogens (tertiary/aromatic N) is 4. The molecule has 2 aromatic rings. The predicted molar refractivity (Wildman–Crippen MR) is 92.3 cm³/mol. The van der Waals surface area contributed by atoms with Crippen LogP contribution in [-0.4, -0.2) is 60.9 Å². The molecule has 1 fully saturated rings. The molecular formula is C15H16N4O3S2. The third kappa shape index (κ3) is 3.57. The van der Waals surface area contributed by atoms with Gasteiger partial charge in [0.25, 0.3) is 5.91 Å². The molecule has 0 radical (unpaired) electrons. The highest BCUT2D eigenvalue weighted by Gasteiger charge is 2.31. The minimum atomic E-state index is -0.889. The van der Waals surface area contributed by atoms with Crippen LogP contribution in [-0.2, 0) is 4.79 Å². The first-order valence-electron chi connectivity index (χ1n) is 7.41. The van der Waals surface area contributed by atoms with Gasteiger partial charge in [0.1, 0.15) is 4.88 Å². The molecule has 3 rings (SSSR count). The first-order valence-corrected chi connectivity index (χ1v) is 9.38. The Labute approximate surface area is 147 Å². The Kier molecular flexibility index (Phi) is 5.10. The van der Waals surface area contributed by atoms with Crippen LogP contribution in [0.5, 0.6) is 0 Å². The zero-order chi connectivity index (χ0) is 17.1. The molecule has 1 amide bonds. The van der Waals surface area contributed by atoms with E-state index in [4.69, 9.17) is 5.11 Å². The minimum absolute atomic E-state index is 0.0365. The Morgan fingerprint density at radius 2 is 2.12 bits per heavy atom. The van der Waals surface area contributed by atoms with Gasteiger partial charge in [-0.1, -0.05) is 0 Å². The molecule has 1 aliphatic heterocycles. The summed E-state index contributed by atoms with van der Waals surface area (Å²) >= 11 is 2.93. The van der Waals surface area contributed by atoms with Crippen molar-refractivity contribution >= 4 is 35.0 Å². The van der Waals surface area contributed by atoms with Crippen molar-refractivity contribution in [2.24, 2.45) is 0 Å². The Hall–Kier alpha value is -2.00. The number of aromatic nitrogens is 3. The highest BCUT2D eigenvalue weighted by atomic mass is 32.2. The third-order valence-electron chi connectivity index (χ3n) is 3.65. The van der Waals surface area contributed by atoms with Crippen LogP contribution in [0.4, 0.5) is 0 Å². The molecule has 0 spiro atoms. The standard InChI is InChI=1S/C15H16N4O3S2/c1-9-12(24-14(18-9)13-16-3-2-4-17-13)15(22)19-5-6-23-8-10(19)7-11(20)21/h2-4,10H,5-8H2,1H3,(H,20,21). The van der Waals surface area contributed by atoms with E-state index in [0.29, 0.717) is 33.7 Å². The van der Waals surface area contributed by atoms with Crippen molar-refractivity contribution in [3.8, 4) is 10.8 Å². The van der Waals surface area contributed by atoms with E-state index in [1.54, 1.807) is 42.0 Å². The second-order valence-corrected chi connectivity index (χ2v) is 7.48. The number of carbonyl (C=O) groups excluding carboxylic acids is 1. The average Bonchev–Trinajstić information content (AvgIpc) is 2.97. The van der Waals surface area contributed by atoms with E-state index >= 15 is 0 Å².